The lowest BCUT2D eigenvalue weighted by Gasteiger charge is -2.24. The second kappa shape index (κ2) is 5.10. The van der Waals surface area contributed by atoms with Crippen LogP contribution in [0.15, 0.2) is 24.3 Å². The molecule has 4 heteroatoms. The van der Waals surface area contributed by atoms with Gasteiger partial charge in [-0.1, -0.05) is 12.1 Å². The molecule has 1 N–H and O–H groups in total. The van der Waals surface area contributed by atoms with E-state index in [1.807, 2.05) is 20.8 Å². The summed E-state index contributed by atoms with van der Waals surface area (Å²) in [4.78, 5) is 0. The summed E-state index contributed by atoms with van der Waals surface area (Å²) in [5, 5.41) is 0. The van der Waals surface area contributed by atoms with Crippen LogP contribution in [-0.4, -0.2) is 8.96 Å². The second-order valence-electron chi connectivity index (χ2n) is 5.87. The summed E-state index contributed by atoms with van der Waals surface area (Å²) in [6.07, 6.45) is 2.30. The van der Waals surface area contributed by atoms with Crippen LogP contribution in [-0.2, 0) is 11.0 Å². The molecule has 0 amide bonds. The maximum Gasteiger partial charge on any atom is 0.123 e. The first-order chi connectivity index (χ1) is 8.38. The molecule has 1 aliphatic carbocycles. The van der Waals surface area contributed by atoms with E-state index in [4.69, 9.17) is 0 Å². The second-order valence-corrected chi connectivity index (χ2v) is 7.86. The minimum absolute atomic E-state index is 0.0747. The van der Waals surface area contributed by atoms with Crippen molar-refractivity contribution in [1.29, 1.82) is 0 Å². The van der Waals surface area contributed by atoms with E-state index in [9.17, 15) is 8.60 Å². The lowest BCUT2D eigenvalue weighted by molar-refractivity contribution is 0.554. The first-order valence-electron chi connectivity index (χ1n) is 6.31. The first-order valence-corrected chi connectivity index (χ1v) is 7.46. The van der Waals surface area contributed by atoms with E-state index in [2.05, 4.69) is 4.72 Å². The highest BCUT2D eigenvalue weighted by Gasteiger charge is 2.35. The molecular formula is C14H20FNOS. The quantitative estimate of drug-likeness (QED) is 0.892. The fraction of sp³-hybridized carbons (Fsp3) is 0.571. The molecule has 1 fully saturated rings. The fourth-order valence-corrected chi connectivity index (χ4v) is 2.74. The van der Waals surface area contributed by atoms with Gasteiger partial charge in [0.25, 0.3) is 0 Å². The molecule has 1 aromatic rings. The van der Waals surface area contributed by atoms with Crippen molar-refractivity contribution in [3.8, 4) is 0 Å². The van der Waals surface area contributed by atoms with Crippen LogP contribution in [0.4, 0.5) is 4.39 Å². The van der Waals surface area contributed by atoms with Gasteiger partial charge in [-0.05, 0) is 57.2 Å². The highest BCUT2D eigenvalue weighted by atomic mass is 32.2. The van der Waals surface area contributed by atoms with Crippen molar-refractivity contribution >= 4 is 11.0 Å². The number of nitrogens with one attached hydrogen (secondary N) is 1. The van der Waals surface area contributed by atoms with Gasteiger partial charge in [0.2, 0.25) is 0 Å². The van der Waals surface area contributed by atoms with Crippen LogP contribution in [0.3, 0.4) is 0 Å². The van der Waals surface area contributed by atoms with Crippen LogP contribution in [0.2, 0.25) is 0 Å². The van der Waals surface area contributed by atoms with Crippen molar-refractivity contribution in [3.05, 3.63) is 35.6 Å². The van der Waals surface area contributed by atoms with Gasteiger partial charge in [0.1, 0.15) is 5.82 Å². The molecule has 1 saturated carbocycles. The summed E-state index contributed by atoms with van der Waals surface area (Å²) in [6.45, 7) is 5.85. The van der Waals surface area contributed by atoms with Crippen molar-refractivity contribution in [2.45, 2.75) is 44.4 Å². The van der Waals surface area contributed by atoms with Gasteiger partial charge >= 0.3 is 0 Å². The van der Waals surface area contributed by atoms with Crippen LogP contribution >= 0.6 is 0 Å². The predicted octanol–water partition coefficient (Wildman–Crippen LogP) is 3.33. The van der Waals surface area contributed by atoms with Gasteiger partial charge in [-0.3, -0.25) is 0 Å². The van der Waals surface area contributed by atoms with Gasteiger partial charge in [-0.25, -0.2) is 13.3 Å². The Labute approximate surface area is 111 Å². The smallest absolute Gasteiger partial charge is 0.123 e. The number of benzene rings is 1. The van der Waals surface area contributed by atoms with Gasteiger partial charge in [0.15, 0.2) is 0 Å². The van der Waals surface area contributed by atoms with Gasteiger partial charge in [-0.2, -0.15) is 0 Å². The monoisotopic (exact) mass is 269 g/mol. The molecule has 0 saturated heterocycles. The largest absolute Gasteiger partial charge is 0.242 e. The standard InChI is InChI=1S/C14H20FNOS/c1-14(2,3)18(17)16-13(10-4-5-10)11-6-8-12(15)9-7-11/h6-10,13,16H,4-5H2,1-3H3/t13-,18-/m0/s1. The average Bonchev–Trinajstić information content (AvgIpc) is 3.09. The van der Waals surface area contributed by atoms with E-state index in [1.54, 1.807) is 12.1 Å². The Morgan fingerprint density at radius 2 is 1.83 bits per heavy atom. The molecule has 0 aliphatic heterocycles. The zero-order chi connectivity index (χ0) is 13.3. The molecule has 2 nitrogen and oxygen atoms in total. The summed E-state index contributed by atoms with van der Waals surface area (Å²) in [6, 6.07) is 6.57. The molecular weight excluding hydrogens is 249 g/mol. The Hall–Kier alpha value is -0.740. The Kier molecular flexibility index (Phi) is 3.87. The number of hydrogen-bond acceptors (Lipinski definition) is 1. The third kappa shape index (κ3) is 3.39. The average molecular weight is 269 g/mol. The van der Waals surface area contributed by atoms with Crippen molar-refractivity contribution in [3.63, 3.8) is 0 Å². The van der Waals surface area contributed by atoms with Gasteiger partial charge in [0.05, 0.1) is 15.7 Å². The summed E-state index contributed by atoms with van der Waals surface area (Å²) in [5.41, 5.74) is 1.02. The molecule has 18 heavy (non-hydrogen) atoms. The number of rotatable bonds is 4. The highest BCUT2D eigenvalue weighted by Crippen LogP contribution is 2.41. The van der Waals surface area contributed by atoms with Crippen LogP contribution in [0.25, 0.3) is 0 Å². The predicted molar refractivity (Wildman–Crippen MR) is 72.9 cm³/mol. The van der Waals surface area contributed by atoms with Crippen LogP contribution in [0.5, 0.6) is 0 Å². The molecule has 1 aliphatic rings. The Balaban J connectivity index is 2.14. The maximum absolute atomic E-state index is 12.9. The molecule has 0 aromatic heterocycles. The Bertz CT molecular complexity index is 434. The lowest BCUT2D eigenvalue weighted by Crippen LogP contribution is -2.36. The van der Waals surface area contributed by atoms with E-state index < -0.39 is 11.0 Å². The summed E-state index contributed by atoms with van der Waals surface area (Å²) in [7, 11) is -1.10. The van der Waals surface area contributed by atoms with E-state index in [1.165, 1.54) is 12.1 Å². The minimum atomic E-state index is -1.10. The van der Waals surface area contributed by atoms with Gasteiger partial charge in [-0.15, -0.1) is 0 Å². The third-order valence-corrected chi connectivity index (χ3v) is 4.69. The summed E-state index contributed by atoms with van der Waals surface area (Å²) < 4.78 is 28.0. The molecule has 0 unspecified atom stereocenters. The van der Waals surface area contributed by atoms with E-state index in [0.29, 0.717) is 5.92 Å². The van der Waals surface area contributed by atoms with Gasteiger partial charge < -0.3 is 0 Å². The molecule has 2 atom stereocenters. The van der Waals surface area contributed by atoms with Crippen molar-refractivity contribution in [2.24, 2.45) is 5.92 Å². The normalized spacial score (nSPS) is 19.6. The van der Waals surface area contributed by atoms with Crippen LogP contribution in [0, 0.1) is 11.7 Å². The first kappa shape index (κ1) is 13.7. The molecule has 100 valence electrons. The molecule has 2 rings (SSSR count). The summed E-state index contributed by atoms with van der Waals surface area (Å²) >= 11 is 0. The molecule has 0 radical (unpaired) electrons. The Morgan fingerprint density at radius 3 is 2.28 bits per heavy atom. The number of halogens is 1. The topological polar surface area (TPSA) is 29.1 Å². The van der Waals surface area contributed by atoms with E-state index in [0.717, 1.165) is 18.4 Å². The molecule has 1 aromatic carbocycles. The molecule has 0 heterocycles. The van der Waals surface area contributed by atoms with Crippen molar-refractivity contribution in [1.82, 2.24) is 4.72 Å². The van der Waals surface area contributed by atoms with Crippen LogP contribution < -0.4 is 4.72 Å². The van der Waals surface area contributed by atoms with Crippen molar-refractivity contribution in [2.75, 3.05) is 0 Å². The lowest BCUT2D eigenvalue weighted by atomic mass is 10.0. The maximum atomic E-state index is 12.9. The SMILES string of the molecule is CC(C)(C)[S@](=O)N[C@H](c1ccc(F)cc1)C1CC1. The van der Waals surface area contributed by atoms with Gasteiger partial charge in [0, 0.05) is 6.04 Å². The fourth-order valence-electron chi connectivity index (χ4n) is 1.83. The number of hydrogen-bond donors (Lipinski definition) is 1. The highest BCUT2D eigenvalue weighted by molar-refractivity contribution is 7.84. The summed E-state index contributed by atoms with van der Waals surface area (Å²) in [5.74, 6) is 0.298. The zero-order valence-corrected chi connectivity index (χ0v) is 11.9. The molecule has 0 bridgehead atoms. The Morgan fingerprint density at radius 1 is 1.28 bits per heavy atom. The van der Waals surface area contributed by atoms with E-state index >= 15 is 0 Å². The van der Waals surface area contributed by atoms with Crippen molar-refractivity contribution < 1.29 is 8.60 Å². The van der Waals surface area contributed by atoms with E-state index in [-0.39, 0.29) is 16.6 Å². The van der Waals surface area contributed by atoms with Crippen LogP contribution in [0.1, 0.15) is 45.2 Å². The third-order valence-electron chi connectivity index (χ3n) is 3.11. The zero-order valence-electron chi connectivity index (χ0n) is 11.1. The molecule has 0 spiro atoms. The minimum Gasteiger partial charge on any atom is -0.242 e.